The Labute approximate surface area is 148 Å². The summed E-state index contributed by atoms with van der Waals surface area (Å²) in [5, 5.41) is 10.9. The molecule has 0 saturated heterocycles. The number of benzene rings is 1. The Morgan fingerprint density at radius 2 is 2.00 bits per heavy atom. The number of aliphatic hydroxyl groups is 1. The van der Waals surface area contributed by atoms with Crippen LogP contribution in [0.4, 0.5) is 0 Å². The van der Waals surface area contributed by atoms with Crippen LogP contribution in [0, 0.1) is 6.92 Å². The van der Waals surface area contributed by atoms with Gasteiger partial charge in [-0.1, -0.05) is 26.0 Å². The van der Waals surface area contributed by atoms with Gasteiger partial charge in [-0.05, 0) is 48.2 Å². The lowest BCUT2D eigenvalue weighted by molar-refractivity contribution is 0.126. The summed E-state index contributed by atoms with van der Waals surface area (Å²) in [6, 6.07) is 11.9. The molecule has 0 aliphatic rings. The van der Waals surface area contributed by atoms with Crippen LogP contribution in [0.1, 0.15) is 30.9 Å². The molecule has 0 saturated carbocycles. The van der Waals surface area contributed by atoms with E-state index < -0.39 is 6.10 Å². The van der Waals surface area contributed by atoms with Crippen molar-refractivity contribution in [2.75, 3.05) is 12.4 Å². The van der Waals surface area contributed by atoms with Crippen molar-refractivity contribution in [3.05, 3.63) is 53.7 Å². The van der Waals surface area contributed by atoms with Gasteiger partial charge < -0.3 is 9.84 Å². The van der Waals surface area contributed by atoms with Crippen molar-refractivity contribution in [2.24, 2.45) is 0 Å². The molecule has 2 aromatic rings. The summed E-state index contributed by atoms with van der Waals surface area (Å²) < 4.78 is 5.69. The van der Waals surface area contributed by atoms with Gasteiger partial charge in [0.2, 0.25) is 0 Å². The summed E-state index contributed by atoms with van der Waals surface area (Å²) in [4.78, 5) is 4.22. The Morgan fingerprint density at radius 3 is 2.61 bits per heavy atom. The van der Waals surface area contributed by atoms with Crippen molar-refractivity contribution in [3.8, 4) is 5.75 Å². The highest BCUT2D eigenvalue weighted by molar-refractivity contribution is 7.99. The number of halogens is 1. The minimum atomic E-state index is -0.517. The smallest absolute Gasteiger partial charge is 0.119 e. The minimum Gasteiger partial charge on any atom is -0.491 e. The van der Waals surface area contributed by atoms with Crippen LogP contribution in [0.25, 0.3) is 0 Å². The molecular weight excluding hydrogens is 330 g/mol. The first-order valence-corrected chi connectivity index (χ1v) is 8.50. The fourth-order valence-electron chi connectivity index (χ4n) is 2.24. The molecule has 1 aromatic heterocycles. The molecule has 0 spiro atoms. The van der Waals surface area contributed by atoms with Crippen molar-refractivity contribution in [1.29, 1.82) is 0 Å². The molecule has 2 rings (SSSR count). The molecule has 0 amide bonds. The summed E-state index contributed by atoms with van der Waals surface area (Å²) in [6.07, 6.45) is 1.24. The van der Waals surface area contributed by atoms with E-state index in [1.807, 2.05) is 30.3 Å². The van der Waals surface area contributed by atoms with Crippen molar-refractivity contribution < 1.29 is 9.84 Å². The van der Waals surface area contributed by atoms with Crippen LogP contribution >= 0.6 is 24.2 Å². The number of rotatable bonds is 7. The molecule has 0 aliphatic heterocycles. The van der Waals surface area contributed by atoms with E-state index in [1.165, 1.54) is 22.9 Å². The number of hydrogen-bond donors (Lipinski definition) is 1. The predicted octanol–water partition coefficient (Wildman–Crippen LogP) is 4.47. The van der Waals surface area contributed by atoms with Crippen molar-refractivity contribution >= 4 is 24.2 Å². The second-order valence-electron chi connectivity index (χ2n) is 5.62. The van der Waals surface area contributed by atoms with Gasteiger partial charge in [-0.15, -0.1) is 24.2 Å². The van der Waals surface area contributed by atoms with E-state index in [0.29, 0.717) is 18.3 Å². The summed E-state index contributed by atoms with van der Waals surface area (Å²) in [7, 11) is 0. The van der Waals surface area contributed by atoms with Crippen molar-refractivity contribution in [2.45, 2.75) is 37.8 Å². The van der Waals surface area contributed by atoms with E-state index in [0.717, 1.165) is 10.8 Å². The second-order valence-corrected chi connectivity index (χ2v) is 6.66. The van der Waals surface area contributed by atoms with Gasteiger partial charge in [0, 0.05) is 11.9 Å². The second kappa shape index (κ2) is 9.81. The Balaban J connectivity index is 0.00000264. The van der Waals surface area contributed by atoms with E-state index in [2.05, 4.69) is 31.8 Å². The Bertz CT molecular complexity index is 593. The number of nitrogens with zero attached hydrogens (tertiary/aromatic N) is 1. The standard InChI is InChI=1S/C18H23NO2S.ClH/c1-13(2)17-8-7-16(10-14(17)3)21-11-15(20)12-22-18-6-4-5-9-19-18;/h4-10,13,15,20H,11-12H2,1-3H3;1H. The van der Waals surface area contributed by atoms with E-state index in [4.69, 9.17) is 4.74 Å². The highest BCUT2D eigenvalue weighted by atomic mass is 35.5. The summed E-state index contributed by atoms with van der Waals surface area (Å²) in [5.41, 5.74) is 2.56. The Hall–Kier alpha value is -1.23. The number of aryl methyl sites for hydroxylation is 1. The van der Waals surface area contributed by atoms with E-state index in [9.17, 15) is 5.11 Å². The molecular formula is C18H24ClNO2S. The maximum atomic E-state index is 10.0. The number of pyridine rings is 1. The van der Waals surface area contributed by atoms with Crippen LogP contribution < -0.4 is 4.74 Å². The summed E-state index contributed by atoms with van der Waals surface area (Å²) in [5.74, 6) is 1.89. The maximum absolute atomic E-state index is 10.0. The van der Waals surface area contributed by atoms with Crippen LogP contribution in [-0.4, -0.2) is 28.6 Å². The summed E-state index contributed by atoms with van der Waals surface area (Å²) in [6.45, 7) is 6.75. The Kier molecular flexibility index (Phi) is 8.45. The molecule has 1 atom stereocenters. The van der Waals surface area contributed by atoms with Crippen LogP contribution in [-0.2, 0) is 0 Å². The molecule has 5 heteroatoms. The molecule has 1 aromatic carbocycles. The number of hydrogen-bond acceptors (Lipinski definition) is 4. The Morgan fingerprint density at radius 1 is 1.22 bits per heavy atom. The quantitative estimate of drug-likeness (QED) is 0.746. The normalized spacial score (nSPS) is 11.9. The average Bonchev–Trinajstić information content (AvgIpc) is 2.51. The third-order valence-electron chi connectivity index (χ3n) is 3.37. The average molecular weight is 354 g/mol. The minimum absolute atomic E-state index is 0. The topological polar surface area (TPSA) is 42.4 Å². The first-order chi connectivity index (χ1) is 10.6. The molecule has 23 heavy (non-hydrogen) atoms. The van der Waals surface area contributed by atoms with Gasteiger partial charge in [-0.25, -0.2) is 4.98 Å². The molecule has 3 nitrogen and oxygen atoms in total. The van der Waals surface area contributed by atoms with Gasteiger partial charge >= 0.3 is 0 Å². The number of aromatic nitrogens is 1. The largest absolute Gasteiger partial charge is 0.491 e. The molecule has 0 bridgehead atoms. The van der Waals surface area contributed by atoms with Gasteiger partial charge in [0.05, 0.1) is 11.1 Å². The molecule has 0 aliphatic carbocycles. The number of ether oxygens (including phenoxy) is 1. The third kappa shape index (κ3) is 6.42. The zero-order chi connectivity index (χ0) is 15.9. The van der Waals surface area contributed by atoms with Crippen LogP contribution in [0.2, 0.25) is 0 Å². The van der Waals surface area contributed by atoms with Crippen molar-refractivity contribution in [3.63, 3.8) is 0 Å². The van der Waals surface area contributed by atoms with E-state index >= 15 is 0 Å². The SMILES string of the molecule is Cc1cc(OCC(O)CSc2ccccn2)ccc1C(C)C.Cl. The lowest BCUT2D eigenvalue weighted by Gasteiger charge is -2.14. The van der Waals surface area contributed by atoms with Gasteiger partial charge in [0.15, 0.2) is 0 Å². The number of aliphatic hydroxyl groups excluding tert-OH is 1. The van der Waals surface area contributed by atoms with E-state index in [1.54, 1.807) is 6.20 Å². The van der Waals surface area contributed by atoms with Crippen LogP contribution in [0.15, 0.2) is 47.6 Å². The fraction of sp³-hybridized carbons (Fsp3) is 0.389. The van der Waals surface area contributed by atoms with E-state index in [-0.39, 0.29) is 12.4 Å². The first kappa shape index (κ1) is 19.8. The van der Waals surface area contributed by atoms with Crippen LogP contribution in [0.3, 0.4) is 0 Å². The third-order valence-corrected chi connectivity index (χ3v) is 4.46. The zero-order valence-electron chi connectivity index (χ0n) is 13.7. The monoisotopic (exact) mass is 353 g/mol. The van der Waals surface area contributed by atoms with Gasteiger partial charge in [-0.2, -0.15) is 0 Å². The van der Waals surface area contributed by atoms with Crippen molar-refractivity contribution in [1.82, 2.24) is 4.98 Å². The summed E-state index contributed by atoms with van der Waals surface area (Å²) >= 11 is 1.53. The van der Waals surface area contributed by atoms with Crippen LogP contribution in [0.5, 0.6) is 5.75 Å². The zero-order valence-corrected chi connectivity index (χ0v) is 15.4. The fourth-order valence-corrected chi connectivity index (χ4v) is 3.01. The molecule has 0 fully saturated rings. The lowest BCUT2D eigenvalue weighted by Crippen LogP contribution is -2.20. The maximum Gasteiger partial charge on any atom is 0.119 e. The van der Waals surface area contributed by atoms with Gasteiger partial charge in [0.1, 0.15) is 12.4 Å². The molecule has 1 N–H and O–H groups in total. The molecule has 0 radical (unpaired) electrons. The van der Waals surface area contributed by atoms with Gasteiger partial charge in [0.25, 0.3) is 0 Å². The predicted molar refractivity (Wildman–Crippen MR) is 99.0 cm³/mol. The van der Waals surface area contributed by atoms with Gasteiger partial charge in [-0.3, -0.25) is 0 Å². The first-order valence-electron chi connectivity index (χ1n) is 7.51. The number of thioether (sulfide) groups is 1. The molecule has 1 heterocycles. The highest BCUT2D eigenvalue weighted by Crippen LogP contribution is 2.23. The lowest BCUT2D eigenvalue weighted by atomic mass is 9.98. The molecule has 126 valence electrons. The highest BCUT2D eigenvalue weighted by Gasteiger charge is 2.09. The molecule has 1 unspecified atom stereocenters.